The minimum absolute atomic E-state index is 0.00922. The zero-order chi connectivity index (χ0) is 16.5. The van der Waals surface area contributed by atoms with Gasteiger partial charge in [-0.15, -0.1) is 0 Å². The maximum absolute atomic E-state index is 13.0. The first kappa shape index (κ1) is 14.7. The van der Waals surface area contributed by atoms with Gasteiger partial charge in [0.25, 0.3) is 5.91 Å². The number of anilines is 1. The molecule has 0 unspecified atom stereocenters. The third-order valence-corrected chi connectivity index (χ3v) is 4.42. The number of nitrogens with zero attached hydrogens (tertiary/aromatic N) is 4. The van der Waals surface area contributed by atoms with E-state index in [0.717, 1.165) is 24.3 Å². The van der Waals surface area contributed by atoms with Gasteiger partial charge >= 0.3 is 0 Å². The Morgan fingerprint density at radius 2 is 1.75 bits per heavy atom. The van der Waals surface area contributed by atoms with Crippen LogP contribution in [0.15, 0.2) is 54.9 Å². The van der Waals surface area contributed by atoms with E-state index in [2.05, 4.69) is 10.00 Å². The van der Waals surface area contributed by atoms with Crippen LogP contribution in [0, 0.1) is 5.82 Å². The lowest BCUT2D eigenvalue weighted by Crippen LogP contribution is -2.48. The molecule has 0 spiro atoms. The minimum Gasteiger partial charge on any atom is -0.368 e. The highest BCUT2D eigenvalue weighted by Gasteiger charge is 2.24. The number of pyridine rings is 1. The summed E-state index contributed by atoms with van der Waals surface area (Å²) in [5.74, 6) is -0.226. The summed E-state index contributed by atoms with van der Waals surface area (Å²) < 4.78 is 14.7. The summed E-state index contributed by atoms with van der Waals surface area (Å²) in [6.45, 7) is 2.74. The van der Waals surface area contributed by atoms with Crippen LogP contribution < -0.4 is 4.90 Å². The van der Waals surface area contributed by atoms with Gasteiger partial charge in [-0.2, -0.15) is 5.10 Å². The summed E-state index contributed by atoms with van der Waals surface area (Å²) >= 11 is 0. The number of fused-ring (bicyclic) bond motifs is 1. The van der Waals surface area contributed by atoms with Crippen molar-refractivity contribution < 1.29 is 9.18 Å². The van der Waals surface area contributed by atoms with Crippen molar-refractivity contribution in [3.05, 3.63) is 66.2 Å². The second-order valence-electron chi connectivity index (χ2n) is 5.84. The van der Waals surface area contributed by atoms with Gasteiger partial charge in [-0.05, 0) is 36.4 Å². The van der Waals surface area contributed by atoms with Gasteiger partial charge in [-0.25, -0.2) is 8.91 Å². The van der Waals surface area contributed by atoms with E-state index in [1.54, 1.807) is 22.8 Å². The average molecular weight is 324 g/mol. The molecule has 1 fully saturated rings. The lowest BCUT2D eigenvalue weighted by molar-refractivity contribution is 0.0748. The SMILES string of the molecule is O=C(c1cnn2ccccc12)N1CCN(c2ccc(F)cc2)CC1. The topological polar surface area (TPSA) is 40.9 Å². The monoisotopic (exact) mass is 324 g/mol. The summed E-state index contributed by atoms with van der Waals surface area (Å²) in [5.41, 5.74) is 2.44. The van der Waals surface area contributed by atoms with Gasteiger partial charge in [0.2, 0.25) is 0 Å². The molecule has 122 valence electrons. The Hall–Kier alpha value is -2.89. The molecule has 0 radical (unpaired) electrons. The zero-order valence-corrected chi connectivity index (χ0v) is 13.1. The molecule has 1 amide bonds. The lowest BCUT2D eigenvalue weighted by atomic mass is 10.2. The molecule has 24 heavy (non-hydrogen) atoms. The van der Waals surface area contributed by atoms with Crippen LogP contribution in [0.4, 0.5) is 10.1 Å². The number of carbonyl (C=O) groups is 1. The van der Waals surface area contributed by atoms with Crippen molar-refractivity contribution in [3.63, 3.8) is 0 Å². The van der Waals surface area contributed by atoms with Crippen LogP contribution in [0.3, 0.4) is 0 Å². The van der Waals surface area contributed by atoms with Gasteiger partial charge in [0.05, 0.1) is 17.3 Å². The fourth-order valence-corrected chi connectivity index (χ4v) is 3.09. The Balaban J connectivity index is 1.47. The fraction of sp³-hybridized carbons (Fsp3) is 0.222. The van der Waals surface area contributed by atoms with E-state index in [9.17, 15) is 9.18 Å². The van der Waals surface area contributed by atoms with Crippen molar-refractivity contribution in [2.75, 3.05) is 31.1 Å². The standard InChI is InChI=1S/C18H17FN4O/c19-14-4-6-15(7-5-14)21-9-11-22(12-10-21)18(24)16-13-20-23-8-2-1-3-17(16)23/h1-8,13H,9-12H2. The van der Waals surface area contributed by atoms with E-state index in [-0.39, 0.29) is 11.7 Å². The molecule has 0 aliphatic carbocycles. The molecule has 0 N–H and O–H groups in total. The van der Waals surface area contributed by atoms with Gasteiger partial charge in [0.15, 0.2) is 0 Å². The molecule has 5 nitrogen and oxygen atoms in total. The van der Waals surface area contributed by atoms with Crippen molar-refractivity contribution in [1.82, 2.24) is 14.5 Å². The first-order valence-electron chi connectivity index (χ1n) is 7.94. The van der Waals surface area contributed by atoms with E-state index in [4.69, 9.17) is 0 Å². The molecular weight excluding hydrogens is 307 g/mol. The smallest absolute Gasteiger partial charge is 0.257 e. The Morgan fingerprint density at radius 3 is 2.50 bits per heavy atom. The Bertz CT molecular complexity index is 866. The lowest BCUT2D eigenvalue weighted by Gasteiger charge is -2.36. The molecule has 0 atom stereocenters. The Kier molecular flexibility index (Phi) is 3.65. The maximum Gasteiger partial charge on any atom is 0.257 e. The number of aromatic nitrogens is 2. The minimum atomic E-state index is -0.236. The number of halogens is 1. The van der Waals surface area contributed by atoms with Crippen molar-refractivity contribution in [3.8, 4) is 0 Å². The highest BCUT2D eigenvalue weighted by Crippen LogP contribution is 2.19. The van der Waals surface area contributed by atoms with Crippen molar-refractivity contribution >= 4 is 17.1 Å². The normalized spacial score (nSPS) is 15.0. The summed E-state index contributed by atoms with van der Waals surface area (Å²) in [6, 6.07) is 12.2. The van der Waals surface area contributed by atoms with Crippen LogP contribution >= 0.6 is 0 Å². The largest absolute Gasteiger partial charge is 0.368 e. The van der Waals surface area contributed by atoms with Crippen molar-refractivity contribution in [1.29, 1.82) is 0 Å². The van der Waals surface area contributed by atoms with Crippen LogP contribution in [-0.4, -0.2) is 46.6 Å². The van der Waals surface area contributed by atoms with Crippen molar-refractivity contribution in [2.45, 2.75) is 0 Å². The van der Waals surface area contributed by atoms with Gasteiger partial charge < -0.3 is 9.80 Å². The van der Waals surface area contributed by atoms with Crippen LogP contribution in [0.1, 0.15) is 10.4 Å². The number of rotatable bonds is 2. The van der Waals surface area contributed by atoms with Crippen LogP contribution in [0.25, 0.3) is 5.52 Å². The van der Waals surface area contributed by atoms with Crippen molar-refractivity contribution in [2.24, 2.45) is 0 Å². The molecule has 6 heteroatoms. The molecule has 1 aliphatic heterocycles. The summed E-state index contributed by atoms with van der Waals surface area (Å²) in [7, 11) is 0. The molecule has 0 saturated carbocycles. The number of amides is 1. The number of piperazine rings is 1. The maximum atomic E-state index is 13.0. The van der Waals surface area contributed by atoms with E-state index in [1.807, 2.05) is 29.3 Å². The molecule has 3 aromatic rings. The molecule has 1 saturated heterocycles. The third-order valence-electron chi connectivity index (χ3n) is 4.42. The molecule has 3 heterocycles. The number of hydrogen-bond acceptors (Lipinski definition) is 3. The quantitative estimate of drug-likeness (QED) is 0.727. The van der Waals surface area contributed by atoms with Crippen LogP contribution in [0.5, 0.6) is 0 Å². The second kappa shape index (κ2) is 5.96. The first-order chi connectivity index (χ1) is 11.7. The number of carbonyl (C=O) groups excluding carboxylic acids is 1. The first-order valence-corrected chi connectivity index (χ1v) is 7.94. The van der Waals surface area contributed by atoms with E-state index >= 15 is 0 Å². The zero-order valence-electron chi connectivity index (χ0n) is 13.1. The van der Waals surface area contributed by atoms with Gasteiger partial charge in [0.1, 0.15) is 5.82 Å². The highest BCUT2D eigenvalue weighted by atomic mass is 19.1. The van der Waals surface area contributed by atoms with Crippen LogP contribution in [0.2, 0.25) is 0 Å². The predicted molar refractivity (Wildman–Crippen MR) is 89.7 cm³/mol. The van der Waals surface area contributed by atoms with E-state index in [0.29, 0.717) is 18.7 Å². The summed E-state index contributed by atoms with van der Waals surface area (Å²) in [5, 5.41) is 4.23. The Morgan fingerprint density at radius 1 is 1.00 bits per heavy atom. The predicted octanol–water partition coefficient (Wildman–Crippen LogP) is 2.44. The molecule has 2 aromatic heterocycles. The molecule has 0 bridgehead atoms. The van der Waals surface area contributed by atoms with Gasteiger partial charge in [0, 0.05) is 38.1 Å². The molecule has 1 aromatic carbocycles. The number of benzene rings is 1. The number of hydrogen-bond donors (Lipinski definition) is 0. The molecular formula is C18H17FN4O. The van der Waals surface area contributed by atoms with E-state index < -0.39 is 0 Å². The third kappa shape index (κ3) is 2.60. The Labute approximate surface area is 138 Å². The summed E-state index contributed by atoms with van der Waals surface area (Å²) in [4.78, 5) is 16.8. The second-order valence-corrected chi connectivity index (χ2v) is 5.84. The van der Waals surface area contributed by atoms with Crippen LogP contribution in [-0.2, 0) is 0 Å². The highest BCUT2D eigenvalue weighted by molar-refractivity contribution is 6.00. The summed E-state index contributed by atoms with van der Waals surface area (Å²) in [6.07, 6.45) is 3.46. The van der Waals surface area contributed by atoms with Gasteiger partial charge in [-0.1, -0.05) is 6.07 Å². The van der Waals surface area contributed by atoms with E-state index in [1.165, 1.54) is 12.1 Å². The fourth-order valence-electron chi connectivity index (χ4n) is 3.09. The van der Waals surface area contributed by atoms with Gasteiger partial charge in [-0.3, -0.25) is 4.79 Å². The average Bonchev–Trinajstić information content (AvgIpc) is 3.06. The molecule has 4 rings (SSSR count). The molecule has 1 aliphatic rings.